The summed E-state index contributed by atoms with van der Waals surface area (Å²) in [4.78, 5) is 14.7. The molecule has 1 aromatic heterocycles. The van der Waals surface area contributed by atoms with Crippen LogP contribution in [-0.2, 0) is 4.74 Å². The van der Waals surface area contributed by atoms with Crippen LogP contribution in [0.5, 0.6) is 0 Å². The van der Waals surface area contributed by atoms with Gasteiger partial charge in [-0.05, 0) is 38.7 Å². The van der Waals surface area contributed by atoms with Crippen molar-refractivity contribution in [2.75, 3.05) is 26.3 Å². The second-order valence-corrected chi connectivity index (χ2v) is 6.45. The highest BCUT2D eigenvalue weighted by Gasteiger charge is 2.28. The predicted molar refractivity (Wildman–Crippen MR) is 92.3 cm³/mol. The number of ether oxygens (including phenoxy) is 1. The summed E-state index contributed by atoms with van der Waals surface area (Å²) in [5, 5.41) is 9.81. The van der Waals surface area contributed by atoms with Crippen molar-refractivity contribution in [3.8, 4) is 0 Å². The second kappa shape index (κ2) is 7.36. The van der Waals surface area contributed by atoms with E-state index in [1.165, 1.54) is 0 Å². The molecule has 130 valence electrons. The average molecular weight is 331 g/mol. The molecule has 3 rings (SSSR count). The highest BCUT2D eigenvalue weighted by atomic mass is 16.5. The summed E-state index contributed by atoms with van der Waals surface area (Å²) in [6.45, 7) is 6.04. The summed E-state index contributed by atoms with van der Waals surface area (Å²) in [7, 11) is 0. The van der Waals surface area contributed by atoms with Gasteiger partial charge in [-0.1, -0.05) is 18.2 Å². The molecule has 1 amide bonds. The molecule has 1 saturated heterocycles. The number of furan rings is 1. The zero-order valence-electron chi connectivity index (χ0n) is 14.4. The zero-order valence-corrected chi connectivity index (χ0v) is 14.4. The molecule has 1 aromatic carbocycles. The van der Waals surface area contributed by atoms with Crippen molar-refractivity contribution in [2.45, 2.75) is 39.2 Å². The number of likely N-dealkylation sites (tertiary alicyclic amines) is 1. The van der Waals surface area contributed by atoms with Gasteiger partial charge in [0.05, 0.1) is 6.10 Å². The van der Waals surface area contributed by atoms with E-state index in [1.54, 1.807) is 0 Å². The van der Waals surface area contributed by atoms with Gasteiger partial charge >= 0.3 is 0 Å². The first-order valence-corrected chi connectivity index (χ1v) is 8.62. The lowest BCUT2D eigenvalue weighted by Crippen LogP contribution is -2.41. The van der Waals surface area contributed by atoms with E-state index in [-0.39, 0.29) is 18.6 Å². The Kier molecular flexibility index (Phi) is 5.21. The fourth-order valence-corrected chi connectivity index (χ4v) is 3.27. The number of aliphatic hydroxyl groups excluding tert-OH is 1. The number of para-hydroxylation sites is 1. The molecule has 1 N–H and O–H groups in total. The molecule has 0 radical (unpaired) electrons. The number of carbonyl (C=O) groups is 1. The van der Waals surface area contributed by atoms with Crippen LogP contribution in [0.15, 0.2) is 22.6 Å². The fourth-order valence-electron chi connectivity index (χ4n) is 3.27. The fraction of sp³-hybridized carbons (Fsp3) is 0.526. The molecule has 1 aliphatic rings. The van der Waals surface area contributed by atoms with E-state index in [9.17, 15) is 4.79 Å². The molecular formula is C19H25NO4. The van der Waals surface area contributed by atoms with Crippen LogP contribution >= 0.6 is 0 Å². The largest absolute Gasteiger partial charge is 0.450 e. The minimum absolute atomic E-state index is 0.0306. The number of piperidine rings is 1. The summed E-state index contributed by atoms with van der Waals surface area (Å²) in [6, 6.07) is 5.98. The smallest absolute Gasteiger partial charge is 0.289 e. The monoisotopic (exact) mass is 331 g/mol. The number of fused-ring (bicyclic) bond motifs is 1. The first kappa shape index (κ1) is 17.0. The number of benzene rings is 1. The Labute approximate surface area is 142 Å². The van der Waals surface area contributed by atoms with Crippen LogP contribution < -0.4 is 0 Å². The van der Waals surface area contributed by atoms with Gasteiger partial charge in [-0.3, -0.25) is 4.79 Å². The number of hydrogen-bond acceptors (Lipinski definition) is 4. The third kappa shape index (κ3) is 3.32. The number of aryl methyl sites for hydroxylation is 2. The van der Waals surface area contributed by atoms with Gasteiger partial charge in [0.1, 0.15) is 5.58 Å². The zero-order chi connectivity index (χ0) is 17.1. The standard InChI is InChI=1S/C19H25NO4/c1-13-5-3-6-16-14(2)18(24-17(13)16)19(22)20-9-7-15(8-10-20)23-12-4-11-21/h3,5-6,15,21H,4,7-12H2,1-2H3. The molecule has 5 heteroatoms. The van der Waals surface area contributed by atoms with E-state index >= 15 is 0 Å². The first-order chi connectivity index (χ1) is 11.6. The van der Waals surface area contributed by atoms with Crippen molar-refractivity contribution in [2.24, 2.45) is 0 Å². The Morgan fingerprint density at radius 2 is 2.08 bits per heavy atom. The van der Waals surface area contributed by atoms with Crippen molar-refractivity contribution in [1.82, 2.24) is 4.90 Å². The molecule has 0 bridgehead atoms. The molecule has 0 spiro atoms. The number of hydrogen-bond donors (Lipinski definition) is 1. The van der Waals surface area contributed by atoms with Crippen LogP contribution in [0.4, 0.5) is 0 Å². The Morgan fingerprint density at radius 1 is 1.33 bits per heavy atom. The Hall–Kier alpha value is -1.85. The van der Waals surface area contributed by atoms with Gasteiger partial charge in [-0.2, -0.15) is 0 Å². The quantitative estimate of drug-likeness (QED) is 0.855. The highest BCUT2D eigenvalue weighted by molar-refractivity contribution is 5.99. The molecule has 0 saturated carbocycles. The summed E-state index contributed by atoms with van der Waals surface area (Å²) in [6.07, 6.45) is 2.50. The van der Waals surface area contributed by atoms with Crippen molar-refractivity contribution in [1.29, 1.82) is 0 Å². The summed E-state index contributed by atoms with van der Waals surface area (Å²) < 4.78 is 11.6. The van der Waals surface area contributed by atoms with E-state index < -0.39 is 0 Å². The van der Waals surface area contributed by atoms with Crippen molar-refractivity contribution in [3.63, 3.8) is 0 Å². The Balaban J connectivity index is 1.68. The highest BCUT2D eigenvalue weighted by Crippen LogP contribution is 2.29. The third-order valence-electron chi connectivity index (χ3n) is 4.74. The lowest BCUT2D eigenvalue weighted by molar-refractivity contribution is 0.00330. The molecule has 0 unspecified atom stereocenters. The topological polar surface area (TPSA) is 62.9 Å². The molecule has 0 atom stereocenters. The number of amides is 1. The maximum Gasteiger partial charge on any atom is 0.289 e. The lowest BCUT2D eigenvalue weighted by Gasteiger charge is -2.31. The van der Waals surface area contributed by atoms with Crippen molar-refractivity contribution in [3.05, 3.63) is 35.1 Å². The minimum Gasteiger partial charge on any atom is -0.450 e. The van der Waals surface area contributed by atoms with Crippen LogP contribution in [0.2, 0.25) is 0 Å². The van der Waals surface area contributed by atoms with E-state index in [2.05, 4.69) is 0 Å². The summed E-state index contributed by atoms with van der Waals surface area (Å²) >= 11 is 0. The maximum atomic E-state index is 12.8. The number of rotatable bonds is 5. The first-order valence-electron chi connectivity index (χ1n) is 8.62. The van der Waals surface area contributed by atoms with E-state index in [4.69, 9.17) is 14.3 Å². The Morgan fingerprint density at radius 3 is 2.75 bits per heavy atom. The molecule has 1 fully saturated rings. The van der Waals surface area contributed by atoms with E-state index in [0.717, 1.165) is 34.9 Å². The third-order valence-corrected chi connectivity index (χ3v) is 4.74. The Bertz CT molecular complexity index is 713. The minimum atomic E-state index is -0.0306. The van der Waals surface area contributed by atoms with Gasteiger partial charge in [-0.15, -0.1) is 0 Å². The predicted octanol–water partition coefficient (Wildman–Crippen LogP) is 3.05. The van der Waals surface area contributed by atoms with Gasteiger partial charge in [0.15, 0.2) is 5.76 Å². The van der Waals surface area contributed by atoms with Crippen LogP contribution in [0.3, 0.4) is 0 Å². The summed E-state index contributed by atoms with van der Waals surface area (Å²) in [5.41, 5.74) is 2.77. The number of aliphatic hydroxyl groups is 1. The van der Waals surface area contributed by atoms with E-state index in [0.29, 0.717) is 31.9 Å². The van der Waals surface area contributed by atoms with E-state index in [1.807, 2.05) is 36.9 Å². The summed E-state index contributed by atoms with van der Waals surface area (Å²) in [5.74, 6) is 0.427. The molecular weight excluding hydrogens is 306 g/mol. The van der Waals surface area contributed by atoms with Crippen LogP contribution in [0.25, 0.3) is 11.0 Å². The lowest BCUT2D eigenvalue weighted by atomic mass is 10.1. The maximum absolute atomic E-state index is 12.8. The number of carbonyl (C=O) groups excluding carboxylic acids is 1. The number of nitrogens with zero attached hydrogens (tertiary/aromatic N) is 1. The molecule has 0 aliphatic carbocycles. The van der Waals surface area contributed by atoms with Crippen LogP contribution in [0.1, 0.15) is 40.9 Å². The molecule has 5 nitrogen and oxygen atoms in total. The van der Waals surface area contributed by atoms with Gasteiger partial charge in [-0.25, -0.2) is 0 Å². The van der Waals surface area contributed by atoms with Crippen molar-refractivity contribution < 1.29 is 19.1 Å². The normalized spacial score (nSPS) is 16.0. The molecule has 2 aromatic rings. The molecule has 1 aliphatic heterocycles. The van der Waals surface area contributed by atoms with Crippen molar-refractivity contribution >= 4 is 16.9 Å². The molecule has 24 heavy (non-hydrogen) atoms. The van der Waals surface area contributed by atoms with Crippen LogP contribution in [0, 0.1) is 13.8 Å². The van der Waals surface area contributed by atoms with Gasteiger partial charge in [0, 0.05) is 37.3 Å². The van der Waals surface area contributed by atoms with Gasteiger partial charge in [0.25, 0.3) is 5.91 Å². The van der Waals surface area contributed by atoms with Gasteiger partial charge in [0.2, 0.25) is 0 Å². The second-order valence-electron chi connectivity index (χ2n) is 6.45. The van der Waals surface area contributed by atoms with Crippen LogP contribution in [-0.4, -0.2) is 48.3 Å². The molecule has 2 heterocycles. The van der Waals surface area contributed by atoms with Gasteiger partial charge < -0.3 is 19.2 Å². The average Bonchev–Trinajstić information content (AvgIpc) is 2.94. The SMILES string of the molecule is Cc1c(C(=O)N2CCC(OCCCO)CC2)oc2c(C)cccc12.